The van der Waals surface area contributed by atoms with Crippen molar-refractivity contribution in [3.63, 3.8) is 0 Å². The van der Waals surface area contributed by atoms with E-state index in [4.69, 9.17) is 21.1 Å². The third-order valence-corrected chi connectivity index (χ3v) is 2.00. The highest BCUT2D eigenvalue weighted by Gasteiger charge is 2.08. The lowest BCUT2D eigenvalue weighted by molar-refractivity contribution is -0.139. The van der Waals surface area contributed by atoms with Gasteiger partial charge in [-0.3, -0.25) is 0 Å². The van der Waals surface area contributed by atoms with E-state index in [0.29, 0.717) is 6.61 Å². The molecular formula is C12H13ClO3. The lowest BCUT2D eigenvalue weighted by Crippen LogP contribution is -2.05. The van der Waals surface area contributed by atoms with Crippen LogP contribution in [0.25, 0.3) is 0 Å². The van der Waals surface area contributed by atoms with Crippen molar-refractivity contribution in [1.29, 1.82) is 0 Å². The van der Waals surface area contributed by atoms with Gasteiger partial charge < -0.3 is 9.47 Å². The summed E-state index contributed by atoms with van der Waals surface area (Å²) in [5.41, 5.74) is 0.914. The van der Waals surface area contributed by atoms with Crippen LogP contribution in [0.3, 0.4) is 0 Å². The number of esters is 1. The van der Waals surface area contributed by atoms with Crippen LogP contribution >= 0.6 is 11.6 Å². The minimum absolute atomic E-state index is 0.0576. The topological polar surface area (TPSA) is 35.5 Å². The fraction of sp³-hybridized carbons (Fsp3) is 0.250. The van der Waals surface area contributed by atoms with Crippen LogP contribution < -0.4 is 0 Å². The first-order valence-corrected chi connectivity index (χ1v) is 5.30. The summed E-state index contributed by atoms with van der Waals surface area (Å²) in [6, 6.07) is 9.38. The zero-order chi connectivity index (χ0) is 11.8. The summed E-state index contributed by atoms with van der Waals surface area (Å²) in [7, 11) is 0. The summed E-state index contributed by atoms with van der Waals surface area (Å²) in [6.45, 7) is 2.47. The quantitative estimate of drug-likeness (QED) is 0.451. The molecule has 3 nitrogen and oxygen atoms in total. The maximum atomic E-state index is 11.3. The molecule has 0 bridgehead atoms. The van der Waals surface area contributed by atoms with Crippen molar-refractivity contribution in [2.75, 3.05) is 6.61 Å². The van der Waals surface area contributed by atoms with Gasteiger partial charge in [-0.05, 0) is 12.5 Å². The lowest BCUT2D eigenvalue weighted by atomic mass is 10.2. The van der Waals surface area contributed by atoms with Gasteiger partial charge in [0.15, 0.2) is 5.03 Å². The Kier molecular flexibility index (Phi) is 5.43. The van der Waals surface area contributed by atoms with E-state index >= 15 is 0 Å². The molecule has 0 aliphatic carbocycles. The molecule has 1 aromatic rings. The predicted octanol–water partition coefficient (Wildman–Crippen LogP) is 2.85. The molecule has 4 heteroatoms. The highest BCUT2D eigenvalue weighted by atomic mass is 35.5. The number of halogens is 1. The molecule has 0 aliphatic rings. The van der Waals surface area contributed by atoms with Gasteiger partial charge in [0.2, 0.25) is 0 Å². The van der Waals surface area contributed by atoms with Gasteiger partial charge >= 0.3 is 5.97 Å². The van der Waals surface area contributed by atoms with E-state index in [2.05, 4.69) is 0 Å². The Hall–Kier alpha value is -1.48. The molecule has 86 valence electrons. The fourth-order valence-electron chi connectivity index (χ4n) is 0.997. The number of carbonyl (C=O) groups is 1. The van der Waals surface area contributed by atoms with Crippen LogP contribution in [0.15, 0.2) is 41.6 Å². The SMILES string of the molecule is CCO/C=C(/Cl)C(=O)OCc1ccccc1. The van der Waals surface area contributed by atoms with E-state index in [-0.39, 0.29) is 11.6 Å². The maximum absolute atomic E-state index is 11.3. The first-order chi connectivity index (χ1) is 7.74. The molecule has 16 heavy (non-hydrogen) atoms. The van der Waals surface area contributed by atoms with Crippen LogP contribution in [0, 0.1) is 0 Å². The Bertz CT molecular complexity index is 360. The smallest absolute Gasteiger partial charge is 0.353 e. The van der Waals surface area contributed by atoms with Crippen LogP contribution in [-0.2, 0) is 20.9 Å². The number of rotatable bonds is 5. The molecule has 0 amide bonds. The van der Waals surface area contributed by atoms with Crippen molar-refractivity contribution in [1.82, 2.24) is 0 Å². The summed E-state index contributed by atoms with van der Waals surface area (Å²) < 4.78 is 9.84. The highest BCUT2D eigenvalue weighted by Crippen LogP contribution is 2.07. The zero-order valence-electron chi connectivity index (χ0n) is 8.98. The van der Waals surface area contributed by atoms with Crippen molar-refractivity contribution in [2.45, 2.75) is 13.5 Å². The number of hydrogen-bond donors (Lipinski definition) is 0. The minimum Gasteiger partial charge on any atom is -0.500 e. The molecular weight excluding hydrogens is 228 g/mol. The second-order valence-corrected chi connectivity index (χ2v) is 3.39. The van der Waals surface area contributed by atoms with Gasteiger partial charge in [0.05, 0.1) is 6.61 Å². The van der Waals surface area contributed by atoms with E-state index in [0.717, 1.165) is 5.56 Å². The van der Waals surface area contributed by atoms with Gasteiger partial charge in [0.1, 0.15) is 12.9 Å². The number of benzene rings is 1. The van der Waals surface area contributed by atoms with Crippen molar-refractivity contribution in [3.8, 4) is 0 Å². The van der Waals surface area contributed by atoms with E-state index < -0.39 is 5.97 Å². The molecule has 0 saturated heterocycles. The van der Waals surface area contributed by atoms with E-state index in [9.17, 15) is 4.79 Å². The Morgan fingerprint density at radius 3 is 2.69 bits per heavy atom. The van der Waals surface area contributed by atoms with E-state index in [1.54, 1.807) is 6.92 Å². The first-order valence-electron chi connectivity index (χ1n) is 4.92. The maximum Gasteiger partial charge on any atom is 0.353 e. The molecule has 0 aliphatic heterocycles. The Labute approximate surface area is 99.6 Å². The molecule has 1 rings (SSSR count). The standard InChI is InChI=1S/C12H13ClO3/c1-2-15-9-11(13)12(14)16-8-10-6-4-3-5-7-10/h3-7,9H,2,8H2,1H3/b11-9+. The molecule has 0 aromatic heterocycles. The summed E-state index contributed by atoms with van der Waals surface area (Å²) in [6.07, 6.45) is 1.19. The molecule has 0 spiro atoms. The van der Waals surface area contributed by atoms with Gasteiger partial charge in [-0.15, -0.1) is 0 Å². The molecule has 0 unspecified atom stereocenters. The Morgan fingerprint density at radius 2 is 2.06 bits per heavy atom. The average Bonchev–Trinajstić information content (AvgIpc) is 2.34. The van der Waals surface area contributed by atoms with Crippen molar-refractivity contribution in [3.05, 3.63) is 47.2 Å². The molecule has 0 radical (unpaired) electrons. The predicted molar refractivity (Wildman–Crippen MR) is 61.8 cm³/mol. The van der Waals surface area contributed by atoms with Crippen LogP contribution in [-0.4, -0.2) is 12.6 Å². The fourth-order valence-corrected chi connectivity index (χ4v) is 1.11. The normalized spacial score (nSPS) is 11.0. The molecule has 0 atom stereocenters. The molecule has 0 saturated carbocycles. The van der Waals surface area contributed by atoms with E-state index in [1.165, 1.54) is 6.26 Å². The number of ether oxygens (including phenoxy) is 2. The monoisotopic (exact) mass is 240 g/mol. The van der Waals surface area contributed by atoms with Crippen molar-refractivity contribution in [2.24, 2.45) is 0 Å². The Balaban J connectivity index is 2.41. The van der Waals surface area contributed by atoms with Crippen LogP contribution in [0.5, 0.6) is 0 Å². The number of hydrogen-bond acceptors (Lipinski definition) is 3. The van der Waals surface area contributed by atoms with Gasteiger partial charge in [-0.1, -0.05) is 41.9 Å². The van der Waals surface area contributed by atoms with Crippen molar-refractivity contribution >= 4 is 17.6 Å². The third-order valence-electron chi connectivity index (χ3n) is 1.76. The summed E-state index contributed by atoms with van der Waals surface area (Å²) in [5, 5.41) is -0.0576. The Morgan fingerprint density at radius 1 is 1.38 bits per heavy atom. The third kappa shape index (κ3) is 4.36. The minimum atomic E-state index is -0.584. The van der Waals surface area contributed by atoms with Gasteiger partial charge in [0.25, 0.3) is 0 Å². The van der Waals surface area contributed by atoms with Crippen LogP contribution in [0.4, 0.5) is 0 Å². The average molecular weight is 241 g/mol. The highest BCUT2D eigenvalue weighted by molar-refractivity contribution is 6.41. The molecule has 0 heterocycles. The summed E-state index contributed by atoms with van der Waals surface area (Å²) in [5.74, 6) is -0.584. The second-order valence-electron chi connectivity index (χ2n) is 2.98. The zero-order valence-corrected chi connectivity index (χ0v) is 9.74. The molecule has 0 N–H and O–H groups in total. The van der Waals surface area contributed by atoms with Gasteiger partial charge in [0, 0.05) is 0 Å². The first kappa shape index (κ1) is 12.6. The van der Waals surface area contributed by atoms with Crippen LogP contribution in [0.1, 0.15) is 12.5 Å². The van der Waals surface area contributed by atoms with E-state index in [1.807, 2.05) is 30.3 Å². The van der Waals surface area contributed by atoms with Gasteiger partial charge in [-0.25, -0.2) is 4.79 Å². The summed E-state index contributed by atoms with van der Waals surface area (Å²) >= 11 is 5.64. The largest absolute Gasteiger partial charge is 0.500 e. The molecule has 0 fully saturated rings. The van der Waals surface area contributed by atoms with Crippen molar-refractivity contribution < 1.29 is 14.3 Å². The number of carbonyl (C=O) groups excluding carboxylic acids is 1. The van der Waals surface area contributed by atoms with Crippen LogP contribution in [0.2, 0.25) is 0 Å². The lowest BCUT2D eigenvalue weighted by Gasteiger charge is -2.03. The molecule has 1 aromatic carbocycles. The summed E-state index contributed by atoms with van der Waals surface area (Å²) in [4.78, 5) is 11.3. The van der Waals surface area contributed by atoms with Gasteiger partial charge in [-0.2, -0.15) is 0 Å². The second kappa shape index (κ2) is 6.90.